The summed E-state index contributed by atoms with van der Waals surface area (Å²) in [5.41, 5.74) is 0.617. The zero-order chi connectivity index (χ0) is 18.9. The maximum atomic E-state index is 12.6. The van der Waals surface area contributed by atoms with Crippen LogP contribution < -0.4 is 5.32 Å². The maximum absolute atomic E-state index is 12.6. The van der Waals surface area contributed by atoms with E-state index in [-0.39, 0.29) is 29.9 Å². The molecule has 0 atom stereocenters. The molecule has 0 aliphatic heterocycles. The minimum Gasteiger partial charge on any atom is -0.452 e. The molecule has 0 saturated carbocycles. The minimum absolute atomic E-state index is 0.0669. The van der Waals surface area contributed by atoms with Gasteiger partial charge in [-0.05, 0) is 30.3 Å². The minimum atomic E-state index is -0.779. The third-order valence-corrected chi connectivity index (χ3v) is 3.64. The Bertz CT molecular complexity index is 857. The molecular weight excluding hydrogens is 356 g/mol. The molecule has 0 fully saturated rings. The van der Waals surface area contributed by atoms with Crippen LogP contribution in [-0.2, 0) is 9.53 Å². The number of rotatable bonds is 7. The molecule has 0 heterocycles. The number of benzene rings is 2. The van der Waals surface area contributed by atoms with E-state index in [2.05, 4.69) is 5.32 Å². The van der Waals surface area contributed by atoms with Gasteiger partial charge in [0, 0.05) is 22.7 Å². The third kappa shape index (κ3) is 5.16. The first-order chi connectivity index (χ1) is 12.5. The number of nitrogens with zero attached hydrogens (tertiary/aromatic N) is 1. The van der Waals surface area contributed by atoms with Gasteiger partial charge in [-0.1, -0.05) is 29.8 Å². The van der Waals surface area contributed by atoms with Crippen LogP contribution in [0.3, 0.4) is 0 Å². The Morgan fingerprint density at radius 1 is 1.04 bits per heavy atom. The number of amides is 1. The predicted octanol–water partition coefficient (Wildman–Crippen LogP) is 2.76. The quantitative estimate of drug-likeness (QED) is 0.459. The number of halogens is 1. The average molecular weight is 371 g/mol. The molecule has 0 aliphatic rings. The highest BCUT2D eigenvalue weighted by Crippen LogP contribution is 2.17. The first kappa shape index (κ1) is 19.2. The largest absolute Gasteiger partial charge is 0.452 e. The van der Waals surface area contributed by atoms with E-state index in [0.717, 1.165) is 0 Å². The lowest BCUT2D eigenvalue weighted by Gasteiger charge is -2.09. The van der Waals surface area contributed by atoms with Crippen LogP contribution in [0.15, 0.2) is 48.5 Å². The summed E-state index contributed by atoms with van der Waals surface area (Å²) in [6.45, 7) is -0.313. The molecule has 0 aromatic heterocycles. The van der Waals surface area contributed by atoms with Crippen LogP contribution in [0.2, 0.25) is 5.02 Å². The average Bonchev–Trinajstić information content (AvgIpc) is 2.66. The van der Waals surface area contributed by atoms with Gasteiger partial charge in [0.15, 0.2) is 12.4 Å². The second kappa shape index (κ2) is 9.35. The van der Waals surface area contributed by atoms with Crippen molar-refractivity contribution in [1.29, 1.82) is 5.26 Å². The van der Waals surface area contributed by atoms with Crippen molar-refractivity contribution in [2.24, 2.45) is 0 Å². The van der Waals surface area contributed by atoms with E-state index in [4.69, 9.17) is 21.6 Å². The fourth-order valence-electron chi connectivity index (χ4n) is 2.13. The molecule has 0 unspecified atom stereocenters. The van der Waals surface area contributed by atoms with Gasteiger partial charge >= 0.3 is 5.97 Å². The highest BCUT2D eigenvalue weighted by Gasteiger charge is 2.19. The Kier molecular flexibility index (Phi) is 6.89. The lowest BCUT2D eigenvalue weighted by molar-refractivity contribution is -0.124. The molecule has 0 saturated heterocycles. The standard InChI is InChI=1S/C19H15ClN2O4/c20-14-8-6-13(7-9-14)18(24)15-4-1-2-5-16(15)19(25)26-12-17(23)22-11-3-10-21/h1-2,4-9H,3,11-12H2,(H,22,23). The first-order valence-electron chi connectivity index (χ1n) is 7.73. The summed E-state index contributed by atoms with van der Waals surface area (Å²) in [4.78, 5) is 36.4. The van der Waals surface area contributed by atoms with Crippen LogP contribution in [0, 0.1) is 11.3 Å². The zero-order valence-electron chi connectivity index (χ0n) is 13.7. The van der Waals surface area contributed by atoms with E-state index in [0.29, 0.717) is 10.6 Å². The van der Waals surface area contributed by atoms with E-state index >= 15 is 0 Å². The highest BCUT2D eigenvalue weighted by molar-refractivity contribution is 6.30. The maximum Gasteiger partial charge on any atom is 0.339 e. The summed E-state index contributed by atoms with van der Waals surface area (Å²) >= 11 is 5.82. The van der Waals surface area contributed by atoms with Crippen LogP contribution in [-0.4, -0.2) is 30.8 Å². The molecular formula is C19H15ClN2O4. The Morgan fingerprint density at radius 2 is 1.69 bits per heavy atom. The number of hydrogen-bond acceptors (Lipinski definition) is 5. The van der Waals surface area contributed by atoms with Crippen molar-refractivity contribution >= 4 is 29.3 Å². The molecule has 1 N–H and O–H groups in total. The zero-order valence-corrected chi connectivity index (χ0v) is 14.5. The molecule has 0 bridgehead atoms. The van der Waals surface area contributed by atoms with Crippen LogP contribution in [0.4, 0.5) is 0 Å². The number of carbonyl (C=O) groups excluding carboxylic acids is 3. The van der Waals surface area contributed by atoms with E-state index in [1.54, 1.807) is 36.4 Å². The molecule has 0 spiro atoms. The Morgan fingerprint density at radius 3 is 2.35 bits per heavy atom. The highest BCUT2D eigenvalue weighted by atomic mass is 35.5. The Hall–Kier alpha value is -3.17. The summed E-state index contributed by atoms with van der Waals surface area (Å²) in [6.07, 6.45) is 0.165. The second-order valence-corrected chi connectivity index (χ2v) is 5.65. The molecule has 132 valence electrons. The van der Waals surface area contributed by atoms with Gasteiger partial charge in [-0.2, -0.15) is 5.26 Å². The Labute approximate surface area is 155 Å². The first-order valence-corrected chi connectivity index (χ1v) is 8.11. The molecule has 7 heteroatoms. The topological polar surface area (TPSA) is 96.3 Å². The van der Waals surface area contributed by atoms with Crippen molar-refractivity contribution < 1.29 is 19.1 Å². The second-order valence-electron chi connectivity index (χ2n) is 5.22. The van der Waals surface area contributed by atoms with Crippen molar-refractivity contribution in [3.8, 4) is 6.07 Å². The number of nitriles is 1. The van der Waals surface area contributed by atoms with Gasteiger partial charge < -0.3 is 10.1 Å². The molecule has 1 amide bonds. The fraction of sp³-hybridized carbons (Fsp3) is 0.158. The molecule has 2 aromatic carbocycles. The van der Waals surface area contributed by atoms with Crippen molar-refractivity contribution in [2.45, 2.75) is 6.42 Å². The number of nitrogens with one attached hydrogen (secondary N) is 1. The molecule has 2 aromatic rings. The number of ether oxygens (including phenoxy) is 1. The van der Waals surface area contributed by atoms with Crippen LogP contribution in [0.25, 0.3) is 0 Å². The SMILES string of the molecule is N#CCCNC(=O)COC(=O)c1ccccc1C(=O)c1ccc(Cl)cc1. The van der Waals surface area contributed by atoms with Crippen LogP contribution in [0.5, 0.6) is 0 Å². The van der Waals surface area contributed by atoms with Gasteiger partial charge in [0.1, 0.15) is 0 Å². The molecule has 26 heavy (non-hydrogen) atoms. The van der Waals surface area contributed by atoms with Crippen molar-refractivity contribution in [3.05, 3.63) is 70.2 Å². The van der Waals surface area contributed by atoms with Gasteiger partial charge in [0.05, 0.1) is 18.1 Å². The number of carbonyl (C=O) groups is 3. The lowest BCUT2D eigenvalue weighted by Crippen LogP contribution is -2.29. The monoisotopic (exact) mass is 370 g/mol. The van der Waals surface area contributed by atoms with Gasteiger partial charge in [-0.15, -0.1) is 0 Å². The lowest BCUT2D eigenvalue weighted by atomic mass is 9.98. The van der Waals surface area contributed by atoms with E-state index < -0.39 is 18.5 Å². The van der Waals surface area contributed by atoms with Crippen molar-refractivity contribution in [3.63, 3.8) is 0 Å². The number of ketones is 1. The van der Waals surface area contributed by atoms with E-state index in [1.165, 1.54) is 12.1 Å². The third-order valence-electron chi connectivity index (χ3n) is 3.39. The normalized spacial score (nSPS) is 9.85. The van der Waals surface area contributed by atoms with Crippen molar-refractivity contribution in [1.82, 2.24) is 5.32 Å². The summed E-state index contributed by atoms with van der Waals surface area (Å²) in [6, 6.07) is 14.4. The van der Waals surface area contributed by atoms with Gasteiger partial charge in [0.25, 0.3) is 5.91 Å². The van der Waals surface area contributed by atoms with Crippen LogP contribution >= 0.6 is 11.6 Å². The Balaban J connectivity index is 2.09. The number of hydrogen-bond donors (Lipinski definition) is 1. The fourth-order valence-corrected chi connectivity index (χ4v) is 2.26. The molecule has 2 rings (SSSR count). The van der Waals surface area contributed by atoms with E-state index in [1.807, 2.05) is 6.07 Å². The summed E-state index contributed by atoms with van der Waals surface area (Å²) in [7, 11) is 0. The molecule has 0 radical (unpaired) electrons. The smallest absolute Gasteiger partial charge is 0.339 e. The van der Waals surface area contributed by atoms with Gasteiger partial charge in [-0.25, -0.2) is 4.79 Å². The van der Waals surface area contributed by atoms with Crippen molar-refractivity contribution in [2.75, 3.05) is 13.2 Å². The number of esters is 1. The summed E-state index contributed by atoms with van der Waals surface area (Å²) in [5, 5.41) is 11.3. The van der Waals surface area contributed by atoms with Gasteiger partial charge in [-0.3, -0.25) is 9.59 Å². The van der Waals surface area contributed by atoms with E-state index in [9.17, 15) is 14.4 Å². The molecule has 0 aliphatic carbocycles. The molecule has 6 nitrogen and oxygen atoms in total. The summed E-state index contributed by atoms with van der Waals surface area (Å²) < 4.78 is 4.96. The van der Waals surface area contributed by atoms with Gasteiger partial charge in [0.2, 0.25) is 0 Å². The van der Waals surface area contributed by atoms with Crippen LogP contribution in [0.1, 0.15) is 32.7 Å². The predicted molar refractivity (Wildman–Crippen MR) is 94.8 cm³/mol. The summed E-state index contributed by atoms with van der Waals surface area (Å²) in [5.74, 6) is -1.65.